The van der Waals surface area contributed by atoms with Gasteiger partial charge in [0.2, 0.25) is 0 Å². The molecule has 1 aliphatic rings. The Balaban J connectivity index is 0. The van der Waals surface area contributed by atoms with E-state index in [1.807, 2.05) is 0 Å². The number of hydrogen-bond donors (Lipinski definition) is 3. The van der Waals surface area contributed by atoms with Gasteiger partial charge in [0.25, 0.3) is 0 Å². The highest BCUT2D eigenvalue weighted by atomic mass is 16.7. The van der Waals surface area contributed by atoms with E-state index in [1.54, 1.807) is 0 Å². The van der Waals surface area contributed by atoms with Crippen LogP contribution in [0.4, 0.5) is 0 Å². The quantitative estimate of drug-likeness (QED) is 0.625. The Hall–Kier alpha value is -1.70. The Kier molecular flexibility index (Phi) is 13.9. The Bertz CT molecular complexity index is 238. The number of hydrogen-bond acceptors (Lipinski definition) is 5. The molecule has 7 heteroatoms. The maximum absolute atomic E-state index is 9.25. The molecule has 1 heterocycles. The summed E-state index contributed by atoms with van der Waals surface area (Å²) in [6.45, 7) is 7.32. The predicted molar refractivity (Wildman–Crippen MR) is 63.1 cm³/mol. The Labute approximate surface area is 105 Å². The molecule has 0 radical (unpaired) electrons. The van der Waals surface area contributed by atoms with Crippen LogP contribution < -0.4 is 0 Å². The third kappa shape index (κ3) is 16.7. The van der Waals surface area contributed by atoms with Crippen molar-refractivity contribution < 1.29 is 34.4 Å². The highest BCUT2D eigenvalue weighted by Gasteiger charge is 2.11. The van der Waals surface area contributed by atoms with Crippen LogP contribution in [-0.2, 0) is 19.1 Å². The summed E-state index contributed by atoms with van der Waals surface area (Å²) in [6, 6.07) is 0. The van der Waals surface area contributed by atoms with Crippen LogP contribution in [0.25, 0.3) is 0 Å². The van der Waals surface area contributed by atoms with Crippen molar-refractivity contribution in [2.45, 2.75) is 12.7 Å². The van der Waals surface area contributed by atoms with Crippen molar-refractivity contribution in [1.29, 1.82) is 0 Å². The van der Waals surface area contributed by atoms with E-state index in [9.17, 15) is 9.59 Å². The van der Waals surface area contributed by atoms with Crippen molar-refractivity contribution in [3.8, 4) is 0 Å². The fourth-order valence-electron chi connectivity index (χ4n) is 0.642. The molecule has 0 aromatic heterocycles. The Morgan fingerprint density at radius 1 is 1.11 bits per heavy atom. The zero-order chi connectivity index (χ0) is 14.4. The minimum atomic E-state index is -0.981. The summed E-state index contributed by atoms with van der Waals surface area (Å²) in [5.41, 5.74) is 0. The van der Waals surface area contributed by atoms with Gasteiger partial charge in [-0.05, 0) is 6.42 Å². The second-order valence-corrected chi connectivity index (χ2v) is 2.79. The van der Waals surface area contributed by atoms with E-state index in [2.05, 4.69) is 13.2 Å². The lowest BCUT2D eigenvalue weighted by molar-refractivity contribution is -0.194. The van der Waals surface area contributed by atoms with Crippen molar-refractivity contribution in [2.24, 2.45) is 0 Å². The first-order chi connectivity index (χ1) is 8.47. The van der Waals surface area contributed by atoms with Gasteiger partial charge < -0.3 is 24.8 Å². The lowest BCUT2D eigenvalue weighted by Crippen LogP contribution is -2.27. The van der Waals surface area contributed by atoms with Gasteiger partial charge in [-0.2, -0.15) is 0 Å². The lowest BCUT2D eigenvalue weighted by Gasteiger charge is -2.20. The molecule has 0 unspecified atom stereocenters. The molecule has 104 valence electrons. The molecule has 0 spiro atoms. The van der Waals surface area contributed by atoms with Gasteiger partial charge in [0.15, 0.2) is 6.29 Å². The molecule has 0 amide bonds. The summed E-state index contributed by atoms with van der Waals surface area (Å²) in [7, 11) is 0. The van der Waals surface area contributed by atoms with Crippen molar-refractivity contribution in [3.05, 3.63) is 25.3 Å². The largest absolute Gasteiger partial charge is 0.478 e. The van der Waals surface area contributed by atoms with Crippen LogP contribution in [0.15, 0.2) is 25.3 Å². The predicted octanol–water partition coefficient (Wildman–Crippen LogP) is 0.256. The van der Waals surface area contributed by atoms with Crippen LogP contribution in [-0.4, -0.2) is 53.4 Å². The topological polar surface area (TPSA) is 113 Å². The molecule has 1 aliphatic heterocycles. The number of ether oxygens (including phenoxy) is 2. The van der Waals surface area contributed by atoms with E-state index in [0.29, 0.717) is 13.2 Å². The zero-order valence-electron chi connectivity index (χ0n) is 9.95. The molecule has 0 atom stereocenters. The van der Waals surface area contributed by atoms with Crippen molar-refractivity contribution in [3.63, 3.8) is 0 Å². The van der Waals surface area contributed by atoms with Gasteiger partial charge in [-0.3, -0.25) is 0 Å². The van der Waals surface area contributed by atoms with E-state index >= 15 is 0 Å². The monoisotopic (exact) mass is 262 g/mol. The molecular formula is C11H18O7. The maximum atomic E-state index is 9.25. The lowest BCUT2D eigenvalue weighted by atomic mass is 10.4. The van der Waals surface area contributed by atoms with E-state index in [4.69, 9.17) is 24.8 Å². The SMILES string of the molecule is C=CC(=O)O.C=CC(=O)O.OCC1OCCCO1. The number of rotatable bonds is 3. The van der Waals surface area contributed by atoms with Gasteiger partial charge in [0.05, 0.1) is 19.8 Å². The van der Waals surface area contributed by atoms with Gasteiger partial charge in [-0.15, -0.1) is 0 Å². The smallest absolute Gasteiger partial charge is 0.327 e. The van der Waals surface area contributed by atoms with Gasteiger partial charge >= 0.3 is 11.9 Å². The van der Waals surface area contributed by atoms with Gasteiger partial charge in [-0.1, -0.05) is 13.2 Å². The summed E-state index contributed by atoms with van der Waals surface area (Å²) in [4.78, 5) is 18.5. The van der Waals surface area contributed by atoms with Gasteiger partial charge in [0, 0.05) is 12.2 Å². The van der Waals surface area contributed by atoms with E-state index in [0.717, 1.165) is 18.6 Å². The van der Waals surface area contributed by atoms with Crippen LogP contribution in [0, 0.1) is 0 Å². The molecule has 1 fully saturated rings. The van der Waals surface area contributed by atoms with Crippen LogP contribution in [0.5, 0.6) is 0 Å². The molecule has 3 N–H and O–H groups in total. The molecule has 0 aliphatic carbocycles. The normalized spacial score (nSPS) is 14.1. The molecule has 0 aromatic carbocycles. The van der Waals surface area contributed by atoms with Gasteiger partial charge in [0.1, 0.15) is 0 Å². The maximum Gasteiger partial charge on any atom is 0.327 e. The number of aliphatic carboxylic acids is 2. The zero-order valence-corrected chi connectivity index (χ0v) is 9.95. The Morgan fingerprint density at radius 2 is 1.44 bits per heavy atom. The molecule has 18 heavy (non-hydrogen) atoms. The van der Waals surface area contributed by atoms with Crippen LogP contribution in [0.2, 0.25) is 0 Å². The number of aliphatic hydroxyl groups is 1. The van der Waals surface area contributed by atoms with Crippen LogP contribution >= 0.6 is 0 Å². The number of aliphatic hydroxyl groups excluding tert-OH is 1. The second-order valence-electron chi connectivity index (χ2n) is 2.79. The number of carboxylic acid groups (broad SMARTS) is 2. The number of carbonyl (C=O) groups is 2. The summed E-state index contributed by atoms with van der Waals surface area (Å²) < 4.78 is 9.91. The highest BCUT2D eigenvalue weighted by Crippen LogP contribution is 2.02. The molecular weight excluding hydrogens is 244 g/mol. The molecule has 0 aromatic rings. The summed E-state index contributed by atoms with van der Waals surface area (Å²) in [5.74, 6) is -1.96. The van der Waals surface area contributed by atoms with Crippen molar-refractivity contribution in [2.75, 3.05) is 19.8 Å². The average molecular weight is 262 g/mol. The summed E-state index contributed by atoms with van der Waals surface area (Å²) in [6.07, 6.45) is 2.25. The molecule has 0 saturated carbocycles. The van der Waals surface area contributed by atoms with E-state index in [1.165, 1.54) is 0 Å². The second kappa shape index (κ2) is 13.4. The number of carboxylic acids is 2. The van der Waals surface area contributed by atoms with Crippen molar-refractivity contribution >= 4 is 11.9 Å². The summed E-state index contributed by atoms with van der Waals surface area (Å²) in [5, 5.41) is 23.6. The van der Waals surface area contributed by atoms with Crippen LogP contribution in [0.1, 0.15) is 6.42 Å². The van der Waals surface area contributed by atoms with Crippen LogP contribution in [0.3, 0.4) is 0 Å². The molecule has 7 nitrogen and oxygen atoms in total. The minimum absolute atomic E-state index is 0.0278. The van der Waals surface area contributed by atoms with E-state index < -0.39 is 11.9 Å². The Morgan fingerprint density at radius 3 is 1.61 bits per heavy atom. The third-order valence-electron chi connectivity index (χ3n) is 1.39. The standard InChI is InChI=1S/C5H10O3.2C3H4O2/c6-4-5-7-2-1-3-8-5;2*1-2-3(4)5/h5-6H,1-4H2;2*2H,1H2,(H,4,5). The third-order valence-corrected chi connectivity index (χ3v) is 1.39. The first-order valence-electron chi connectivity index (χ1n) is 5.02. The molecule has 0 bridgehead atoms. The molecule has 1 rings (SSSR count). The molecule has 1 saturated heterocycles. The fraction of sp³-hybridized carbons (Fsp3) is 0.455. The van der Waals surface area contributed by atoms with E-state index in [-0.39, 0.29) is 12.9 Å². The average Bonchev–Trinajstić information content (AvgIpc) is 2.41. The summed E-state index contributed by atoms with van der Waals surface area (Å²) >= 11 is 0. The highest BCUT2D eigenvalue weighted by molar-refractivity contribution is 5.79. The van der Waals surface area contributed by atoms with Crippen molar-refractivity contribution in [1.82, 2.24) is 0 Å². The first-order valence-corrected chi connectivity index (χ1v) is 5.02. The fourth-order valence-corrected chi connectivity index (χ4v) is 0.642. The first kappa shape index (κ1) is 18.7. The van der Waals surface area contributed by atoms with Gasteiger partial charge in [-0.25, -0.2) is 9.59 Å². The minimum Gasteiger partial charge on any atom is -0.478 e.